The molecule has 0 aliphatic heterocycles. The van der Waals surface area contributed by atoms with Crippen LogP contribution in [0.15, 0.2) is 24.3 Å². The monoisotopic (exact) mass is 239 g/mol. The molecule has 0 saturated carbocycles. The van der Waals surface area contributed by atoms with Crippen molar-refractivity contribution in [3.63, 3.8) is 0 Å². The molecule has 1 rings (SSSR count). The maximum absolute atomic E-state index is 11.7. The summed E-state index contributed by atoms with van der Waals surface area (Å²) in [5.41, 5.74) is 0.565. The minimum absolute atomic E-state index is 0.0343. The number of amides is 1. The van der Waals surface area contributed by atoms with Gasteiger partial charge in [-0.15, -0.1) is 0 Å². The van der Waals surface area contributed by atoms with Gasteiger partial charge >= 0.3 is 0 Å². The van der Waals surface area contributed by atoms with Gasteiger partial charge in [0.15, 0.2) is 0 Å². The van der Waals surface area contributed by atoms with Crippen molar-refractivity contribution < 1.29 is 9.90 Å². The molecule has 1 aromatic rings. The molecule has 0 radical (unpaired) electrons. The molecular formula is C12H17NO2S. The van der Waals surface area contributed by atoms with Gasteiger partial charge in [0.2, 0.25) is 0 Å². The van der Waals surface area contributed by atoms with Crippen LogP contribution in [0.3, 0.4) is 0 Å². The third-order valence-electron chi connectivity index (χ3n) is 2.36. The van der Waals surface area contributed by atoms with E-state index in [9.17, 15) is 4.79 Å². The number of nitrogens with one attached hydrogen (secondary N) is 1. The molecular weight excluding hydrogens is 222 g/mol. The van der Waals surface area contributed by atoms with Gasteiger partial charge in [0.05, 0.1) is 0 Å². The number of rotatable bonds is 4. The number of phenolic OH excluding ortho intramolecular Hbond substituents is 1. The molecule has 1 aromatic carbocycles. The van der Waals surface area contributed by atoms with Crippen LogP contribution >= 0.6 is 11.8 Å². The molecule has 0 heterocycles. The fraction of sp³-hybridized carbons (Fsp3) is 0.417. The first kappa shape index (κ1) is 12.9. The zero-order valence-electron chi connectivity index (χ0n) is 9.78. The number of hydrogen-bond donors (Lipinski definition) is 2. The molecule has 0 fully saturated rings. The summed E-state index contributed by atoms with van der Waals surface area (Å²) in [6.07, 6.45) is 2.02. The Hall–Kier alpha value is -1.16. The Kier molecular flexibility index (Phi) is 4.24. The summed E-state index contributed by atoms with van der Waals surface area (Å²) in [6, 6.07) is 6.23. The van der Waals surface area contributed by atoms with Crippen molar-refractivity contribution in [1.29, 1.82) is 0 Å². The van der Waals surface area contributed by atoms with Crippen LogP contribution in [0.1, 0.15) is 24.2 Å². The van der Waals surface area contributed by atoms with E-state index in [-0.39, 0.29) is 16.4 Å². The summed E-state index contributed by atoms with van der Waals surface area (Å²) in [4.78, 5) is 11.7. The van der Waals surface area contributed by atoms with Crippen LogP contribution in [0, 0.1) is 0 Å². The summed E-state index contributed by atoms with van der Waals surface area (Å²) in [6.45, 7) is 4.78. The third-order valence-corrected chi connectivity index (χ3v) is 3.61. The molecule has 1 amide bonds. The summed E-state index contributed by atoms with van der Waals surface area (Å²) >= 11 is 1.71. The number of thioether (sulfide) groups is 1. The van der Waals surface area contributed by atoms with Gasteiger partial charge in [-0.05, 0) is 44.4 Å². The highest BCUT2D eigenvalue weighted by Crippen LogP contribution is 2.19. The molecule has 3 nitrogen and oxygen atoms in total. The second kappa shape index (κ2) is 5.25. The normalized spacial score (nSPS) is 11.2. The van der Waals surface area contributed by atoms with Crippen molar-refractivity contribution >= 4 is 17.7 Å². The lowest BCUT2D eigenvalue weighted by atomic mass is 10.1. The van der Waals surface area contributed by atoms with E-state index in [2.05, 4.69) is 19.2 Å². The molecule has 0 unspecified atom stereocenters. The lowest BCUT2D eigenvalue weighted by molar-refractivity contribution is 0.0951. The first-order valence-electron chi connectivity index (χ1n) is 5.07. The average Bonchev–Trinajstić information content (AvgIpc) is 2.27. The number of carbonyl (C=O) groups excluding carboxylic acids is 1. The van der Waals surface area contributed by atoms with Crippen molar-refractivity contribution in [1.82, 2.24) is 5.32 Å². The van der Waals surface area contributed by atoms with E-state index in [4.69, 9.17) is 5.11 Å². The molecule has 0 spiro atoms. The summed E-state index contributed by atoms with van der Waals surface area (Å²) in [5, 5.41) is 12.0. The molecule has 4 heteroatoms. The highest BCUT2D eigenvalue weighted by atomic mass is 32.2. The molecule has 88 valence electrons. The van der Waals surface area contributed by atoms with Gasteiger partial charge in [-0.25, -0.2) is 0 Å². The maximum Gasteiger partial charge on any atom is 0.251 e. The van der Waals surface area contributed by atoms with Crippen molar-refractivity contribution in [3.05, 3.63) is 29.8 Å². The standard InChI is InChI=1S/C12H17NO2S/c1-12(2,16-3)8-13-11(15)9-4-6-10(14)7-5-9/h4-7,14H,8H2,1-3H3,(H,13,15). The van der Waals surface area contributed by atoms with Crippen LogP contribution < -0.4 is 5.32 Å². The smallest absolute Gasteiger partial charge is 0.251 e. The van der Waals surface area contributed by atoms with E-state index in [0.717, 1.165) is 0 Å². The Labute approximate surface area is 100 Å². The van der Waals surface area contributed by atoms with Gasteiger partial charge in [0, 0.05) is 16.9 Å². The van der Waals surface area contributed by atoms with Crippen LogP contribution in [0.5, 0.6) is 5.75 Å². The van der Waals surface area contributed by atoms with Crippen molar-refractivity contribution in [2.24, 2.45) is 0 Å². The first-order valence-corrected chi connectivity index (χ1v) is 6.29. The fourth-order valence-electron chi connectivity index (χ4n) is 1.08. The van der Waals surface area contributed by atoms with Crippen LogP contribution in [0.2, 0.25) is 0 Å². The van der Waals surface area contributed by atoms with Gasteiger partial charge < -0.3 is 10.4 Å². The number of phenols is 1. The first-order chi connectivity index (χ1) is 7.44. The summed E-state index contributed by atoms with van der Waals surface area (Å²) in [5.74, 6) is 0.0584. The minimum atomic E-state index is -0.109. The molecule has 2 N–H and O–H groups in total. The van der Waals surface area contributed by atoms with E-state index in [1.54, 1.807) is 23.9 Å². The third kappa shape index (κ3) is 3.77. The Morgan fingerprint density at radius 2 is 1.94 bits per heavy atom. The van der Waals surface area contributed by atoms with Crippen LogP contribution in [0.25, 0.3) is 0 Å². The predicted octanol–water partition coefficient (Wildman–Crippen LogP) is 2.26. The van der Waals surface area contributed by atoms with Gasteiger partial charge in [-0.3, -0.25) is 4.79 Å². The fourth-order valence-corrected chi connectivity index (χ4v) is 1.30. The largest absolute Gasteiger partial charge is 0.508 e. The highest BCUT2D eigenvalue weighted by molar-refractivity contribution is 7.99. The van der Waals surface area contributed by atoms with Crippen molar-refractivity contribution in [2.45, 2.75) is 18.6 Å². The predicted molar refractivity (Wildman–Crippen MR) is 68.0 cm³/mol. The van der Waals surface area contributed by atoms with Crippen molar-refractivity contribution in [3.8, 4) is 5.75 Å². The van der Waals surface area contributed by atoms with E-state index < -0.39 is 0 Å². The SMILES string of the molecule is CSC(C)(C)CNC(=O)c1ccc(O)cc1. The zero-order valence-corrected chi connectivity index (χ0v) is 10.6. The van der Waals surface area contributed by atoms with Gasteiger partial charge in [-0.1, -0.05) is 0 Å². The molecule has 0 saturated heterocycles. The molecule has 0 atom stereocenters. The van der Waals surface area contributed by atoms with Crippen molar-refractivity contribution in [2.75, 3.05) is 12.8 Å². The van der Waals surface area contributed by atoms with Crippen LogP contribution in [-0.2, 0) is 0 Å². The van der Waals surface area contributed by atoms with Gasteiger partial charge in [0.1, 0.15) is 5.75 Å². The maximum atomic E-state index is 11.7. The van der Waals surface area contributed by atoms with Crippen LogP contribution in [-0.4, -0.2) is 28.6 Å². The Bertz CT molecular complexity index is 360. The number of hydrogen-bond acceptors (Lipinski definition) is 3. The highest BCUT2D eigenvalue weighted by Gasteiger charge is 2.17. The van der Waals surface area contributed by atoms with E-state index in [1.165, 1.54) is 12.1 Å². The summed E-state index contributed by atoms with van der Waals surface area (Å²) < 4.78 is 0.0343. The molecule has 0 aromatic heterocycles. The second-order valence-electron chi connectivity index (χ2n) is 4.19. The topological polar surface area (TPSA) is 49.3 Å². The molecule has 0 aliphatic carbocycles. The zero-order chi connectivity index (χ0) is 12.2. The quantitative estimate of drug-likeness (QED) is 0.847. The van der Waals surface area contributed by atoms with Gasteiger partial charge in [-0.2, -0.15) is 11.8 Å². The van der Waals surface area contributed by atoms with E-state index in [1.807, 2.05) is 6.26 Å². The minimum Gasteiger partial charge on any atom is -0.508 e. The van der Waals surface area contributed by atoms with Gasteiger partial charge in [0.25, 0.3) is 5.91 Å². The van der Waals surface area contributed by atoms with Crippen LogP contribution in [0.4, 0.5) is 0 Å². The lowest BCUT2D eigenvalue weighted by Crippen LogP contribution is -2.36. The molecule has 16 heavy (non-hydrogen) atoms. The Morgan fingerprint density at radius 1 is 1.38 bits per heavy atom. The number of carbonyl (C=O) groups is 1. The number of benzene rings is 1. The second-order valence-corrected chi connectivity index (χ2v) is 5.71. The summed E-state index contributed by atoms with van der Waals surface area (Å²) in [7, 11) is 0. The average molecular weight is 239 g/mol. The number of aromatic hydroxyl groups is 1. The Morgan fingerprint density at radius 3 is 2.44 bits per heavy atom. The van der Waals surface area contributed by atoms with E-state index in [0.29, 0.717) is 12.1 Å². The molecule has 0 bridgehead atoms. The Balaban J connectivity index is 2.56. The molecule has 0 aliphatic rings. The lowest BCUT2D eigenvalue weighted by Gasteiger charge is -2.22. The van der Waals surface area contributed by atoms with E-state index >= 15 is 0 Å².